The predicted octanol–water partition coefficient (Wildman–Crippen LogP) is 5.51. The Kier molecular flexibility index (Phi) is 7.45. The SMILES string of the molecule is O=C(Nc1ccc(OCc2ccccc2)cc1)c1ccc(NC(=O)C2CC(=O)N(c3ccccc3)C2)cc1. The van der Waals surface area contributed by atoms with Crippen LogP contribution in [0.5, 0.6) is 5.75 Å². The van der Waals surface area contributed by atoms with Crippen LogP contribution in [0.2, 0.25) is 0 Å². The number of hydrogen-bond acceptors (Lipinski definition) is 4. The van der Waals surface area contributed by atoms with Crippen LogP contribution in [0.3, 0.4) is 0 Å². The average molecular weight is 506 g/mol. The molecule has 1 atom stereocenters. The van der Waals surface area contributed by atoms with Crippen molar-refractivity contribution in [2.24, 2.45) is 5.92 Å². The summed E-state index contributed by atoms with van der Waals surface area (Å²) in [5.41, 5.74) is 3.54. The molecule has 38 heavy (non-hydrogen) atoms. The second-order valence-electron chi connectivity index (χ2n) is 9.06. The van der Waals surface area contributed by atoms with Crippen LogP contribution in [0, 0.1) is 5.92 Å². The largest absolute Gasteiger partial charge is 0.489 e. The first-order valence-electron chi connectivity index (χ1n) is 12.4. The number of anilines is 3. The molecule has 5 rings (SSSR count). The zero-order valence-electron chi connectivity index (χ0n) is 20.7. The highest BCUT2D eigenvalue weighted by Crippen LogP contribution is 2.26. The highest BCUT2D eigenvalue weighted by Gasteiger charge is 2.35. The Balaban J connectivity index is 1.12. The number of carbonyl (C=O) groups excluding carboxylic acids is 3. The van der Waals surface area contributed by atoms with Gasteiger partial charge in [0, 0.05) is 35.6 Å². The molecule has 4 aromatic rings. The lowest BCUT2D eigenvalue weighted by atomic mass is 10.1. The van der Waals surface area contributed by atoms with E-state index in [9.17, 15) is 14.4 Å². The van der Waals surface area contributed by atoms with Gasteiger partial charge in [-0.05, 0) is 66.2 Å². The molecule has 0 saturated carbocycles. The Morgan fingerprint density at radius 2 is 1.37 bits per heavy atom. The smallest absolute Gasteiger partial charge is 0.255 e. The van der Waals surface area contributed by atoms with Crippen molar-refractivity contribution in [1.29, 1.82) is 0 Å². The van der Waals surface area contributed by atoms with Crippen molar-refractivity contribution >= 4 is 34.8 Å². The van der Waals surface area contributed by atoms with Gasteiger partial charge in [-0.3, -0.25) is 14.4 Å². The third-order valence-electron chi connectivity index (χ3n) is 6.34. The fourth-order valence-electron chi connectivity index (χ4n) is 4.27. The van der Waals surface area contributed by atoms with E-state index in [0.717, 1.165) is 11.3 Å². The monoisotopic (exact) mass is 505 g/mol. The quantitative estimate of drug-likeness (QED) is 0.331. The van der Waals surface area contributed by atoms with Gasteiger partial charge in [-0.2, -0.15) is 0 Å². The lowest BCUT2D eigenvalue weighted by molar-refractivity contribution is -0.122. The summed E-state index contributed by atoms with van der Waals surface area (Å²) in [4.78, 5) is 39.5. The third-order valence-corrected chi connectivity index (χ3v) is 6.34. The molecule has 0 radical (unpaired) electrons. The molecule has 1 aliphatic rings. The molecular formula is C31H27N3O4. The van der Waals surface area contributed by atoms with E-state index in [1.807, 2.05) is 72.8 Å². The Labute approximate surface area is 221 Å². The normalized spacial score (nSPS) is 14.7. The molecule has 3 amide bonds. The lowest BCUT2D eigenvalue weighted by Gasteiger charge is -2.16. The Morgan fingerprint density at radius 3 is 2.05 bits per heavy atom. The first-order chi connectivity index (χ1) is 18.5. The maximum atomic E-state index is 12.8. The molecule has 190 valence electrons. The van der Waals surface area contributed by atoms with Crippen molar-refractivity contribution in [3.05, 3.63) is 120 Å². The van der Waals surface area contributed by atoms with Crippen molar-refractivity contribution in [3.63, 3.8) is 0 Å². The maximum Gasteiger partial charge on any atom is 0.255 e. The van der Waals surface area contributed by atoms with Gasteiger partial charge in [0.1, 0.15) is 12.4 Å². The molecule has 7 nitrogen and oxygen atoms in total. The number of para-hydroxylation sites is 1. The fraction of sp³-hybridized carbons (Fsp3) is 0.129. The Bertz CT molecular complexity index is 1410. The summed E-state index contributed by atoms with van der Waals surface area (Å²) in [6.45, 7) is 0.809. The van der Waals surface area contributed by atoms with Crippen LogP contribution in [-0.4, -0.2) is 24.3 Å². The highest BCUT2D eigenvalue weighted by molar-refractivity contribution is 6.05. The van der Waals surface area contributed by atoms with Gasteiger partial charge in [0.25, 0.3) is 5.91 Å². The summed E-state index contributed by atoms with van der Waals surface area (Å²) in [7, 11) is 0. The van der Waals surface area contributed by atoms with Crippen LogP contribution in [0.15, 0.2) is 109 Å². The topological polar surface area (TPSA) is 87.7 Å². The summed E-state index contributed by atoms with van der Waals surface area (Å²) in [6.07, 6.45) is 0.164. The number of hydrogen-bond donors (Lipinski definition) is 2. The van der Waals surface area contributed by atoms with Crippen molar-refractivity contribution in [2.75, 3.05) is 22.1 Å². The lowest BCUT2D eigenvalue weighted by Crippen LogP contribution is -2.28. The number of amides is 3. The molecule has 1 saturated heterocycles. The van der Waals surface area contributed by atoms with Crippen LogP contribution < -0.4 is 20.3 Å². The maximum absolute atomic E-state index is 12.8. The van der Waals surface area contributed by atoms with Crippen LogP contribution in [-0.2, 0) is 16.2 Å². The van der Waals surface area contributed by atoms with Crippen LogP contribution in [0.4, 0.5) is 17.1 Å². The summed E-state index contributed by atoms with van der Waals surface area (Å²) >= 11 is 0. The summed E-state index contributed by atoms with van der Waals surface area (Å²) in [6, 6.07) is 33.1. The zero-order chi connectivity index (χ0) is 26.3. The molecule has 1 unspecified atom stereocenters. The van der Waals surface area contributed by atoms with E-state index in [4.69, 9.17) is 4.74 Å². The first-order valence-corrected chi connectivity index (χ1v) is 12.4. The average Bonchev–Trinajstić information content (AvgIpc) is 3.36. The Hall–Kier alpha value is -4.91. The zero-order valence-corrected chi connectivity index (χ0v) is 20.7. The van der Waals surface area contributed by atoms with E-state index in [2.05, 4.69) is 10.6 Å². The number of ether oxygens (including phenoxy) is 1. The number of nitrogens with zero attached hydrogens (tertiary/aromatic N) is 1. The molecule has 1 fully saturated rings. The van der Waals surface area contributed by atoms with E-state index in [1.165, 1.54) is 0 Å². The van der Waals surface area contributed by atoms with Gasteiger partial charge in [-0.1, -0.05) is 48.5 Å². The minimum absolute atomic E-state index is 0.0702. The van der Waals surface area contributed by atoms with Crippen molar-refractivity contribution in [3.8, 4) is 5.75 Å². The fourth-order valence-corrected chi connectivity index (χ4v) is 4.27. The van der Waals surface area contributed by atoms with E-state index >= 15 is 0 Å². The van der Waals surface area contributed by atoms with Gasteiger partial charge in [-0.15, -0.1) is 0 Å². The Morgan fingerprint density at radius 1 is 0.763 bits per heavy atom. The van der Waals surface area contributed by atoms with Crippen molar-refractivity contribution in [1.82, 2.24) is 0 Å². The van der Waals surface area contributed by atoms with E-state index < -0.39 is 5.92 Å². The molecule has 1 heterocycles. The van der Waals surface area contributed by atoms with Crippen LogP contribution >= 0.6 is 0 Å². The van der Waals surface area contributed by atoms with Gasteiger partial charge >= 0.3 is 0 Å². The van der Waals surface area contributed by atoms with Gasteiger partial charge in [0.05, 0.1) is 5.92 Å². The van der Waals surface area contributed by atoms with E-state index in [0.29, 0.717) is 35.8 Å². The number of rotatable bonds is 8. The molecule has 0 aliphatic carbocycles. The molecule has 2 N–H and O–H groups in total. The van der Waals surface area contributed by atoms with E-state index in [-0.39, 0.29) is 24.1 Å². The second kappa shape index (κ2) is 11.4. The molecule has 1 aliphatic heterocycles. The number of carbonyl (C=O) groups is 3. The standard InChI is InChI=1S/C31H27N3O4/c35-29-19-24(20-34(29)27-9-5-2-6-10-27)31(37)33-25-13-11-23(12-14-25)30(36)32-26-15-17-28(18-16-26)38-21-22-7-3-1-4-8-22/h1-18,24H,19-21H2,(H,32,36)(H,33,37). The number of nitrogens with one attached hydrogen (secondary N) is 2. The molecule has 4 aromatic carbocycles. The highest BCUT2D eigenvalue weighted by atomic mass is 16.5. The van der Waals surface area contributed by atoms with Gasteiger partial charge in [0.2, 0.25) is 11.8 Å². The minimum atomic E-state index is -0.440. The van der Waals surface area contributed by atoms with Gasteiger partial charge in [0.15, 0.2) is 0 Å². The van der Waals surface area contributed by atoms with Gasteiger partial charge in [-0.25, -0.2) is 0 Å². The summed E-state index contributed by atoms with van der Waals surface area (Å²) < 4.78 is 5.78. The second-order valence-corrected chi connectivity index (χ2v) is 9.06. The first kappa shape index (κ1) is 24.8. The molecule has 0 aromatic heterocycles. The summed E-state index contributed by atoms with van der Waals surface area (Å²) in [5, 5.41) is 5.72. The predicted molar refractivity (Wildman–Crippen MR) is 147 cm³/mol. The third kappa shape index (κ3) is 6.07. The molecule has 0 spiro atoms. The molecular weight excluding hydrogens is 478 g/mol. The molecule has 7 heteroatoms. The minimum Gasteiger partial charge on any atom is -0.489 e. The van der Waals surface area contributed by atoms with Gasteiger partial charge < -0.3 is 20.3 Å². The molecule has 0 bridgehead atoms. The van der Waals surface area contributed by atoms with Crippen molar-refractivity contribution in [2.45, 2.75) is 13.0 Å². The summed E-state index contributed by atoms with van der Waals surface area (Å²) in [5.74, 6) is -0.281. The van der Waals surface area contributed by atoms with Crippen LogP contribution in [0.1, 0.15) is 22.3 Å². The van der Waals surface area contributed by atoms with E-state index in [1.54, 1.807) is 41.3 Å². The number of benzene rings is 4. The van der Waals surface area contributed by atoms with Crippen LogP contribution in [0.25, 0.3) is 0 Å². The van der Waals surface area contributed by atoms with Crippen molar-refractivity contribution < 1.29 is 19.1 Å².